The Kier molecular flexibility index (Phi) is 3.61. The number of nitrogens with zero attached hydrogens (tertiary/aromatic N) is 7. The first-order chi connectivity index (χ1) is 11.6. The van der Waals surface area contributed by atoms with Crippen molar-refractivity contribution in [1.29, 1.82) is 0 Å². The van der Waals surface area contributed by atoms with Crippen LogP contribution in [0.5, 0.6) is 0 Å². The molecule has 0 atom stereocenters. The molecule has 0 unspecified atom stereocenters. The van der Waals surface area contributed by atoms with Gasteiger partial charge in [-0.3, -0.25) is 4.79 Å². The maximum absolute atomic E-state index is 11.9. The minimum atomic E-state index is -0.276. The molecule has 0 amide bonds. The van der Waals surface area contributed by atoms with Crippen LogP contribution in [0.1, 0.15) is 0 Å². The predicted octanol–water partition coefficient (Wildman–Crippen LogP) is 0.803. The third-order valence-corrected chi connectivity index (χ3v) is 4.64. The van der Waals surface area contributed by atoms with Gasteiger partial charge in [-0.25, -0.2) is 14.2 Å². The van der Waals surface area contributed by atoms with E-state index in [1.54, 1.807) is 25.6 Å². The van der Waals surface area contributed by atoms with Gasteiger partial charge in [0.05, 0.1) is 18.1 Å². The lowest BCUT2D eigenvalue weighted by atomic mass is 10.2. The van der Waals surface area contributed by atoms with Crippen molar-refractivity contribution in [3.63, 3.8) is 0 Å². The van der Waals surface area contributed by atoms with Gasteiger partial charge in [0.15, 0.2) is 5.82 Å². The highest BCUT2D eigenvalue weighted by Gasteiger charge is 2.22. The predicted molar refractivity (Wildman–Crippen MR) is 91.9 cm³/mol. The average Bonchev–Trinajstić information content (AvgIpc) is 3.09. The van der Waals surface area contributed by atoms with Crippen LogP contribution in [0.4, 0.5) is 11.5 Å². The molecule has 1 aliphatic heterocycles. The second kappa shape index (κ2) is 5.79. The van der Waals surface area contributed by atoms with Crippen LogP contribution < -0.4 is 15.4 Å². The molecule has 4 heterocycles. The first-order valence-corrected chi connectivity index (χ1v) is 8.03. The molecular formula is C15H16ClN7O. The molecule has 0 spiro atoms. The van der Waals surface area contributed by atoms with E-state index in [-0.39, 0.29) is 10.6 Å². The van der Waals surface area contributed by atoms with Crippen molar-refractivity contribution in [3.05, 3.63) is 46.2 Å². The summed E-state index contributed by atoms with van der Waals surface area (Å²) in [5.41, 5.74) is 1.40. The van der Waals surface area contributed by atoms with Crippen molar-refractivity contribution in [2.75, 3.05) is 36.0 Å². The lowest BCUT2D eigenvalue weighted by molar-refractivity contribution is 0.638. The molecule has 1 fully saturated rings. The van der Waals surface area contributed by atoms with Gasteiger partial charge in [0, 0.05) is 45.6 Å². The maximum Gasteiger partial charge on any atom is 0.287 e. The first-order valence-electron chi connectivity index (χ1n) is 7.65. The van der Waals surface area contributed by atoms with Crippen LogP contribution in [0.25, 0.3) is 5.52 Å². The first kappa shape index (κ1) is 14.9. The molecule has 124 valence electrons. The molecule has 3 aromatic heterocycles. The molecule has 0 bridgehead atoms. The summed E-state index contributed by atoms with van der Waals surface area (Å²) in [6.45, 7) is 3.05. The number of fused-ring (bicyclic) bond motifs is 1. The molecule has 1 saturated heterocycles. The minimum Gasteiger partial charge on any atom is -0.365 e. The van der Waals surface area contributed by atoms with E-state index < -0.39 is 0 Å². The summed E-state index contributed by atoms with van der Waals surface area (Å²) in [7, 11) is 1.59. The number of hydrogen-bond acceptors (Lipinski definition) is 6. The van der Waals surface area contributed by atoms with Gasteiger partial charge in [0.25, 0.3) is 5.56 Å². The Balaban J connectivity index is 1.56. The van der Waals surface area contributed by atoms with Crippen LogP contribution in [0, 0.1) is 0 Å². The third-order valence-electron chi connectivity index (χ3n) is 4.28. The van der Waals surface area contributed by atoms with E-state index >= 15 is 0 Å². The van der Waals surface area contributed by atoms with Crippen molar-refractivity contribution in [2.45, 2.75) is 0 Å². The molecule has 24 heavy (non-hydrogen) atoms. The van der Waals surface area contributed by atoms with Crippen LogP contribution in [0.15, 0.2) is 35.6 Å². The van der Waals surface area contributed by atoms with Gasteiger partial charge in [-0.1, -0.05) is 11.6 Å². The zero-order chi connectivity index (χ0) is 16.7. The average molecular weight is 346 g/mol. The van der Waals surface area contributed by atoms with Gasteiger partial charge in [0.1, 0.15) is 10.5 Å². The molecule has 0 radical (unpaired) electrons. The van der Waals surface area contributed by atoms with Crippen molar-refractivity contribution < 1.29 is 0 Å². The van der Waals surface area contributed by atoms with Crippen molar-refractivity contribution in [3.8, 4) is 0 Å². The summed E-state index contributed by atoms with van der Waals surface area (Å²) in [6, 6.07) is 1.95. The third kappa shape index (κ3) is 2.39. The Morgan fingerprint density at radius 2 is 1.83 bits per heavy atom. The Hall–Kier alpha value is -2.61. The standard InChI is InChI=1S/C15H16ClN7O/c1-20-15(24)13(16)12(10-19-20)21-6-8-22(9-7-21)14-11-2-3-18-23(11)5-4-17-14/h2-5,10H,6-9H2,1H3. The zero-order valence-electron chi connectivity index (χ0n) is 13.1. The molecule has 0 aromatic carbocycles. The van der Waals surface area contributed by atoms with E-state index in [4.69, 9.17) is 11.6 Å². The highest BCUT2D eigenvalue weighted by atomic mass is 35.5. The largest absolute Gasteiger partial charge is 0.365 e. The van der Waals surface area contributed by atoms with Gasteiger partial charge >= 0.3 is 0 Å². The normalized spacial score (nSPS) is 15.2. The number of aryl methyl sites for hydroxylation is 1. The van der Waals surface area contributed by atoms with Gasteiger partial charge in [-0.2, -0.15) is 10.2 Å². The number of anilines is 2. The summed E-state index contributed by atoms with van der Waals surface area (Å²) in [4.78, 5) is 20.8. The topological polar surface area (TPSA) is 71.6 Å². The van der Waals surface area contributed by atoms with Crippen LogP contribution >= 0.6 is 11.6 Å². The van der Waals surface area contributed by atoms with Crippen molar-refractivity contribution in [2.24, 2.45) is 7.05 Å². The number of aromatic nitrogens is 5. The van der Waals surface area contributed by atoms with E-state index in [2.05, 4.69) is 25.0 Å². The fourth-order valence-corrected chi connectivity index (χ4v) is 3.26. The monoisotopic (exact) mass is 345 g/mol. The summed E-state index contributed by atoms with van der Waals surface area (Å²) < 4.78 is 3.06. The van der Waals surface area contributed by atoms with Gasteiger partial charge < -0.3 is 9.80 Å². The second-order valence-electron chi connectivity index (χ2n) is 5.66. The highest BCUT2D eigenvalue weighted by Crippen LogP contribution is 2.25. The van der Waals surface area contributed by atoms with Gasteiger partial charge in [0.2, 0.25) is 0 Å². The van der Waals surface area contributed by atoms with Crippen molar-refractivity contribution in [1.82, 2.24) is 24.4 Å². The summed E-state index contributed by atoms with van der Waals surface area (Å²) in [5, 5.41) is 8.53. The Morgan fingerprint density at radius 3 is 2.62 bits per heavy atom. The van der Waals surface area contributed by atoms with E-state index in [0.717, 1.165) is 37.5 Å². The lowest BCUT2D eigenvalue weighted by Crippen LogP contribution is -2.47. The molecule has 8 nitrogen and oxygen atoms in total. The van der Waals surface area contributed by atoms with Crippen LogP contribution in [-0.2, 0) is 7.05 Å². The molecule has 1 aliphatic rings. The zero-order valence-corrected chi connectivity index (χ0v) is 13.9. The molecule has 4 rings (SSSR count). The van der Waals surface area contributed by atoms with Gasteiger partial charge in [-0.15, -0.1) is 0 Å². The van der Waals surface area contributed by atoms with E-state index in [9.17, 15) is 4.79 Å². The van der Waals surface area contributed by atoms with Gasteiger partial charge in [-0.05, 0) is 6.07 Å². The smallest absolute Gasteiger partial charge is 0.287 e. The number of piperazine rings is 1. The fourth-order valence-electron chi connectivity index (χ4n) is 2.97. The molecule has 9 heteroatoms. The number of halogens is 1. The van der Waals surface area contributed by atoms with Crippen LogP contribution in [-0.4, -0.2) is 50.6 Å². The Labute approximate surface area is 142 Å². The molecule has 3 aromatic rings. The minimum absolute atomic E-state index is 0.219. The maximum atomic E-state index is 11.9. The summed E-state index contributed by atoms with van der Waals surface area (Å²) in [5.74, 6) is 0.919. The summed E-state index contributed by atoms with van der Waals surface area (Å²) >= 11 is 6.20. The van der Waals surface area contributed by atoms with Crippen LogP contribution in [0.3, 0.4) is 0 Å². The number of hydrogen-bond donors (Lipinski definition) is 0. The SMILES string of the molecule is Cn1ncc(N2CCN(c3nccn4nccc34)CC2)c(Cl)c1=O. The highest BCUT2D eigenvalue weighted by molar-refractivity contribution is 6.33. The summed E-state index contributed by atoms with van der Waals surface area (Å²) in [6.07, 6.45) is 7.00. The molecule has 0 aliphatic carbocycles. The molecule has 0 saturated carbocycles. The Morgan fingerprint density at radius 1 is 1.08 bits per heavy atom. The van der Waals surface area contributed by atoms with E-state index in [1.165, 1.54) is 4.68 Å². The molecule has 0 N–H and O–H groups in total. The van der Waals surface area contributed by atoms with Crippen LogP contribution in [0.2, 0.25) is 5.02 Å². The fraction of sp³-hybridized carbons (Fsp3) is 0.333. The second-order valence-corrected chi connectivity index (χ2v) is 6.04. The lowest BCUT2D eigenvalue weighted by Gasteiger charge is -2.36. The quantitative estimate of drug-likeness (QED) is 0.684. The Bertz CT molecular complexity index is 942. The molecular weight excluding hydrogens is 330 g/mol. The number of rotatable bonds is 2. The van der Waals surface area contributed by atoms with E-state index in [0.29, 0.717) is 5.69 Å². The van der Waals surface area contributed by atoms with E-state index in [1.807, 2.05) is 16.8 Å². The van der Waals surface area contributed by atoms with Crippen molar-refractivity contribution >= 4 is 28.6 Å².